The lowest BCUT2D eigenvalue weighted by Crippen LogP contribution is -2.38. The fraction of sp³-hybridized carbons (Fsp3) is 0.562. The third kappa shape index (κ3) is 6.62. The van der Waals surface area contributed by atoms with E-state index in [1.165, 1.54) is 11.8 Å². The Hall–Kier alpha value is -0.870. The Morgan fingerprint density at radius 2 is 1.81 bits per heavy atom. The van der Waals surface area contributed by atoms with Crippen LogP contribution in [-0.4, -0.2) is 29.6 Å². The molecule has 2 N–H and O–H groups in total. The highest BCUT2D eigenvalue weighted by atomic mass is 35.5. The number of amides is 1. The van der Waals surface area contributed by atoms with Gasteiger partial charge in [0.2, 0.25) is 5.91 Å². The summed E-state index contributed by atoms with van der Waals surface area (Å²) in [6.45, 7) is 10.1. The largest absolute Gasteiger partial charge is 0.398 e. The molecule has 0 bridgehead atoms. The van der Waals surface area contributed by atoms with Crippen LogP contribution in [0.15, 0.2) is 23.1 Å². The van der Waals surface area contributed by atoms with Crippen LogP contribution in [0.2, 0.25) is 5.02 Å². The van der Waals surface area contributed by atoms with Gasteiger partial charge in [-0.05, 0) is 30.0 Å². The van der Waals surface area contributed by atoms with Crippen molar-refractivity contribution in [3.05, 3.63) is 23.2 Å². The number of nitrogens with zero attached hydrogens (tertiary/aromatic N) is 1. The molecule has 1 aromatic carbocycles. The number of thioether (sulfide) groups is 1. The third-order valence-electron chi connectivity index (χ3n) is 2.85. The lowest BCUT2D eigenvalue weighted by atomic mass is 10.1. The van der Waals surface area contributed by atoms with Gasteiger partial charge in [0.15, 0.2) is 0 Å². The first-order valence-electron chi connectivity index (χ1n) is 7.25. The minimum absolute atomic E-state index is 0.154. The molecule has 0 fully saturated rings. The van der Waals surface area contributed by atoms with E-state index in [1.54, 1.807) is 12.1 Å². The molecule has 5 heteroatoms. The van der Waals surface area contributed by atoms with E-state index in [0.717, 1.165) is 18.0 Å². The molecule has 0 aliphatic heterocycles. The van der Waals surface area contributed by atoms with Crippen molar-refractivity contribution >= 4 is 35.0 Å². The maximum atomic E-state index is 12.4. The van der Waals surface area contributed by atoms with Crippen molar-refractivity contribution in [2.75, 3.05) is 24.6 Å². The van der Waals surface area contributed by atoms with E-state index in [4.69, 9.17) is 17.3 Å². The molecule has 118 valence electrons. The molecule has 0 saturated carbocycles. The van der Waals surface area contributed by atoms with Crippen LogP contribution in [-0.2, 0) is 4.79 Å². The predicted octanol–water partition coefficient (Wildman–Crippen LogP) is 4.15. The summed E-state index contributed by atoms with van der Waals surface area (Å²) >= 11 is 7.42. The number of hydrogen-bond donors (Lipinski definition) is 1. The van der Waals surface area contributed by atoms with Gasteiger partial charge in [0.1, 0.15) is 0 Å². The topological polar surface area (TPSA) is 46.3 Å². The molecule has 0 unspecified atom stereocenters. The van der Waals surface area contributed by atoms with Gasteiger partial charge in [-0.15, -0.1) is 11.8 Å². The van der Waals surface area contributed by atoms with E-state index in [-0.39, 0.29) is 5.91 Å². The number of benzene rings is 1. The molecule has 1 aromatic rings. The van der Waals surface area contributed by atoms with E-state index < -0.39 is 0 Å². The summed E-state index contributed by atoms with van der Waals surface area (Å²) in [6.07, 6.45) is 0. The van der Waals surface area contributed by atoms with Crippen molar-refractivity contribution in [3.8, 4) is 0 Å². The van der Waals surface area contributed by atoms with Crippen LogP contribution in [0.25, 0.3) is 0 Å². The fourth-order valence-electron chi connectivity index (χ4n) is 2.02. The molecule has 0 saturated heterocycles. The normalized spacial score (nSPS) is 11.2. The maximum Gasteiger partial charge on any atom is 0.232 e. The molecule has 1 rings (SSSR count). The standard InChI is InChI=1S/C16H25ClN2OS/c1-11(2)8-19(9-12(3)4)16(20)10-21-15-7-13(17)5-6-14(15)18/h5-7,11-12H,8-10,18H2,1-4H3. The molecule has 0 aromatic heterocycles. The van der Waals surface area contributed by atoms with Gasteiger partial charge in [0.05, 0.1) is 5.75 Å². The Bertz CT molecular complexity index is 467. The number of carbonyl (C=O) groups excluding carboxylic acids is 1. The number of nitrogen functional groups attached to an aromatic ring is 1. The van der Waals surface area contributed by atoms with Crippen molar-refractivity contribution in [3.63, 3.8) is 0 Å². The van der Waals surface area contributed by atoms with E-state index in [2.05, 4.69) is 27.7 Å². The zero-order valence-electron chi connectivity index (χ0n) is 13.2. The van der Waals surface area contributed by atoms with E-state index in [9.17, 15) is 4.79 Å². The molecule has 1 amide bonds. The van der Waals surface area contributed by atoms with Crippen molar-refractivity contribution in [1.82, 2.24) is 4.90 Å². The summed E-state index contributed by atoms with van der Waals surface area (Å²) in [4.78, 5) is 15.2. The number of hydrogen-bond acceptors (Lipinski definition) is 3. The first-order chi connectivity index (χ1) is 9.79. The zero-order valence-corrected chi connectivity index (χ0v) is 14.8. The first-order valence-corrected chi connectivity index (χ1v) is 8.61. The summed E-state index contributed by atoms with van der Waals surface area (Å²) in [5, 5.41) is 0.639. The second kappa shape index (κ2) is 8.54. The molecule has 0 aliphatic carbocycles. The number of halogens is 1. The number of nitrogens with two attached hydrogens (primary N) is 1. The Morgan fingerprint density at radius 3 is 2.33 bits per heavy atom. The fourth-order valence-corrected chi connectivity index (χ4v) is 3.17. The minimum atomic E-state index is 0.154. The smallest absolute Gasteiger partial charge is 0.232 e. The molecule has 21 heavy (non-hydrogen) atoms. The van der Waals surface area contributed by atoms with Crippen molar-refractivity contribution in [2.24, 2.45) is 11.8 Å². The van der Waals surface area contributed by atoms with Crippen molar-refractivity contribution in [1.29, 1.82) is 0 Å². The first kappa shape index (κ1) is 18.2. The van der Waals surface area contributed by atoms with Gasteiger partial charge < -0.3 is 10.6 Å². The van der Waals surface area contributed by atoms with Crippen molar-refractivity contribution < 1.29 is 4.79 Å². The van der Waals surface area contributed by atoms with E-state index >= 15 is 0 Å². The van der Waals surface area contributed by atoms with Crippen LogP contribution < -0.4 is 5.73 Å². The Labute approximate surface area is 137 Å². The molecule has 0 heterocycles. The highest BCUT2D eigenvalue weighted by Crippen LogP contribution is 2.28. The molecule has 0 spiro atoms. The molecule has 0 radical (unpaired) electrons. The Morgan fingerprint density at radius 1 is 1.24 bits per heavy atom. The summed E-state index contributed by atoms with van der Waals surface area (Å²) in [7, 11) is 0. The molecular formula is C16H25ClN2OS. The van der Waals surface area contributed by atoms with Gasteiger partial charge >= 0.3 is 0 Å². The quantitative estimate of drug-likeness (QED) is 0.604. The summed E-state index contributed by atoms with van der Waals surface area (Å²) in [6, 6.07) is 5.34. The monoisotopic (exact) mass is 328 g/mol. The maximum absolute atomic E-state index is 12.4. The van der Waals surface area contributed by atoms with Gasteiger partial charge in [-0.2, -0.15) is 0 Å². The van der Waals surface area contributed by atoms with Gasteiger partial charge in [-0.25, -0.2) is 0 Å². The molecular weight excluding hydrogens is 304 g/mol. The van der Waals surface area contributed by atoms with Crippen LogP contribution in [0, 0.1) is 11.8 Å². The van der Waals surface area contributed by atoms with Gasteiger partial charge in [0.25, 0.3) is 0 Å². The summed E-state index contributed by atoms with van der Waals surface area (Å²) < 4.78 is 0. The van der Waals surface area contributed by atoms with Crippen molar-refractivity contribution in [2.45, 2.75) is 32.6 Å². The highest BCUT2D eigenvalue weighted by Gasteiger charge is 2.17. The zero-order chi connectivity index (χ0) is 16.0. The van der Waals surface area contributed by atoms with E-state index in [1.807, 2.05) is 11.0 Å². The summed E-state index contributed by atoms with van der Waals surface area (Å²) in [5.74, 6) is 1.48. The molecule has 0 atom stereocenters. The van der Waals surface area contributed by atoms with Gasteiger partial charge in [-0.1, -0.05) is 39.3 Å². The van der Waals surface area contributed by atoms with Crippen LogP contribution in [0.1, 0.15) is 27.7 Å². The summed E-state index contributed by atoms with van der Waals surface area (Å²) in [5.41, 5.74) is 6.57. The van der Waals surface area contributed by atoms with Crippen LogP contribution >= 0.6 is 23.4 Å². The van der Waals surface area contributed by atoms with E-state index in [0.29, 0.717) is 28.3 Å². The Kier molecular flexibility index (Phi) is 7.40. The Balaban J connectivity index is 2.66. The predicted molar refractivity (Wildman–Crippen MR) is 92.8 cm³/mol. The number of carbonyl (C=O) groups is 1. The van der Waals surface area contributed by atoms with Crippen LogP contribution in [0.3, 0.4) is 0 Å². The number of anilines is 1. The average Bonchev–Trinajstić information content (AvgIpc) is 2.37. The molecule has 3 nitrogen and oxygen atoms in total. The number of rotatable bonds is 7. The lowest BCUT2D eigenvalue weighted by molar-refractivity contribution is -0.129. The SMILES string of the molecule is CC(C)CN(CC(C)C)C(=O)CSc1cc(Cl)ccc1N. The highest BCUT2D eigenvalue weighted by molar-refractivity contribution is 8.00. The second-order valence-corrected chi connectivity index (χ2v) is 7.51. The minimum Gasteiger partial charge on any atom is -0.398 e. The van der Waals surface area contributed by atoms with Crippen LogP contribution in [0.4, 0.5) is 5.69 Å². The second-order valence-electron chi connectivity index (χ2n) is 6.06. The molecule has 0 aliphatic rings. The van der Waals surface area contributed by atoms with Crippen LogP contribution in [0.5, 0.6) is 0 Å². The third-order valence-corrected chi connectivity index (χ3v) is 4.14. The van der Waals surface area contributed by atoms with Gasteiger partial charge in [-0.3, -0.25) is 4.79 Å². The lowest BCUT2D eigenvalue weighted by Gasteiger charge is -2.26. The van der Waals surface area contributed by atoms with Gasteiger partial charge in [0, 0.05) is 28.7 Å². The average molecular weight is 329 g/mol.